The molecule has 1 saturated heterocycles. The largest absolute Gasteiger partial charge is 0.493 e. The number of nitrogens with one attached hydrogen (secondary N) is 1. The molecule has 9 heteroatoms. The van der Waals surface area contributed by atoms with Gasteiger partial charge in [0.25, 0.3) is 0 Å². The van der Waals surface area contributed by atoms with Gasteiger partial charge in [0, 0.05) is 16.6 Å². The molecule has 0 aliphatic carbocycles. The first kappa shape index (κ1) is 26.2. The van der Waals surface area contributed by atoms with Crippen molar-refractivity contribution in [3.05, 3.63) is 76.8 Å². The summed E-state index contributed by atoms with van der Waals surface area (Å²) in [6.45, 7) is 0.347. The summed E-state index contributed by atoms with van der Waals surface area (Å²) in [5.41, 5.74) is 2.40. The quantitative estimate of drug-likeness (QED) is 0.366. The van der Waals surface area contributed by atoms with Crippen LogP contribution in [0.15, 0.2) is 60.7 Å². The molecule has 1 amide bonds. The van der Waals surface area contributed by atoms with Crippen LogP contribution in [0, 0.1) is 11.8 Å². The van der Waals surface area contributed by atoms with Gasteiger partial charge >= 0.3 is 12.1 Å². The van der Waals surface area contributed by atoms with E-state index in [9.17, 15) is 9.59 Å². The van der Waals surface area contributed by atoms with Crippen LogP contribution >= 0.6 is 11.6 Å². The number of hydrogen-bond acceptors (Lipinski definition) is 7. The van der Waals surface area contributed by atoms with E-state index in [0.717, 1.165) is 11.1 Å². The Labute approximate surface area is 220 Å². The molecule has 0 bridgehead atoms. The molecular weight excluding hydrogens is 498 g/mol. The number of rotatable bonds is 9. The lowest BCUT2D eigenvalue weighted by Gasteiger charge is -2.17. The molecule has 1 fully saturated rings. The maximum atomic E-state index is 12.6. The summed E-state index contributed by atoms with van der Waals surface area (Å²) < 4.78 is 27.0. The third-order valence-corrected chi connectivity index (χ3v) is 6.45. The molecule has 194 valence electrons. The highest BCUT2D eigenvalue weighted by Gasteiger charge is 2.37. The van der Waals surface area contributed by atoms with Crippen LogP contribution in [0.3, 0.4) is 0 Å². The van der Waals surface area contributed by atoms with Gasteiger partial charge in [0.15, 0.2) is 23.0 Å². The fourth-order valence-electron chi connectivity index (χ4n) is 4.35. The zero-order valence-electron chi connectivity index (χ0n) is 20.8. The molecule has 1 heterocycles. The minimum atomic E-state index is -0.678. The van der Waals surface area contributed by atoms with Gasteiger partial charge in [0.1, 0.15) is 0 Å². The molecule has 8 nitrogen and oxygen atoms in total. The predicted molar refractivity (Wildman–Crippen MR) is 139 cm³/mol. The highest BCUT2D eigenvalue weighted by atomic mass is 35.5. The van der Waals surface area contributed by atoms with Gasteiger partial charge in [0.05, 0.1) is 33.9 Å². The SMILES string of the molecule is COc1ccc(C[C@H]2COC(=O)[C@@H]2Cc2ccc(OC(=O)Nc3cccc(Cl)c3)c(OC)c2)cc1OC. The fraction of sp³-hybridized carbons (Fsp3) is 0.286. The van der Waals surface area contributed by atoms with E-state index in [2.05, 4.69) is 5.32 Å². The van der Waals surface area contributed by atoms with Crippen LogP contribution in [-0.4, -0.2) is 40.0 Å². The normalized spacial score (nSPS) is 16.6. The number of hydrogen-bond donors (Lipinski definition) is 1. The molecule has 0 unspecified atom stereocenters. The van der Waals surface area contributed by atoms with Crippen molar-refractivity contribution < 1.29 is 33.3 Å². The number of anilines is 1. The van der Waals surface area contributed by atoms with Gasteiger partial charge in [0.2, 0.25) is 0 Å². The predicted octanol–water partition coefficient (Wildman–Crippen LogP) is 5.55. The zero-order chi connectivity index (χ0) is 26.4. The first-order valence-corrected chi connectivity index (χ1v) is 12.1. The highest BCUT2D eigenvalue weighted by Crippen LogP contribution is 2.35. The molecule has 4 rings (SSSR count). The topological polar surface area (TPSA) is 92.3 Å². The van der Waals surface area contributed by atoms with Crippen LogP contribution in [-0.2, 0) is 22.4 Å². The Morgan fingerprint density at radius 3 is 2.22 bits per heavy atom. The number of carbonyl (C=O) groups is 2. The maximum absolute atomic E-state index is 12.6. The Kier molecular flexibility index (Phi) is 8.40. The highest BCUT2D eigenvalue weighted by molar-refractivity contribution is 6.30. The second-order valence-electron chi connectivity index (χ2n) is 8.60. The third kappa shape index (κ3) is 6.46. The lowest BCUT2D eigenvalue weighted by atomic mass is 9.85. The number of carbonyl (C=O) groups excluding carboxylic acids is 2. The Balaban J connectivity index is 1.44. The van der Waals surface area contributed by atoms with Crippen molar-refractivity contribution in [2.45, 2.75) is 12.8 Å². The molecule has 1 N–H and O–H groups in total. The lowest BCUT2D eigenvalue weighted by Crippen LogP contribution is -2.21. The van der Waals surface area contributed by atoms with Crippen LogP contribution in [0.2, 0.25) is 5.02 Å². The second kappa shape index (κ2) is 11.9. The molecule has 3 aromatic rings. The van der Waals surface area contributed by atoms with Crippen molar-refractivity contribution in [3.8, 4) is 23.0 Å². The van der Waals surface area contributed by atoms with E-state index in [-0.39, 0.29) is 23.6 Å². The number of benzene rings is 3. The molecule has 0 saturated carbocycles. The summed E-state index contributed by atoms with van der Waals surface area (Å²) in [5, 5.41) is 3.12. The van der Waals surface area contributed by atoms with Crippen LogP contribution in [0.25, 0.3) is 0 Å². The van der Waals surface area contributed by atoms with Gasteiger partial charge in [-0.2, -0.15) is 0 Å². The van der Waals surface area contributed by atoms with Crippen molar-refractivity contribution in [2.24, 2.45) is 11.8 Å². The van der Waals surface area contributed by atoms with E-state index in [1.807, 2.05) is 24.3 Å². The molecule has 0 radical (unpaired) electrons. The van der Waals surface area contributed by atoms with Gasteiger partial charge in [-0.3, -0.25) is 10.1 Å². The van der Waals surface area contributed by atoms with E-state index in [1.165, 1.54) is 7.11 Å². The molecule has 2 atom stereocenters. The van der Waals surface area contributed by atoms with Crippen LogP contribution in [0.1, 0.15) is 11.1 Å². The third-order valence-electron chi connectivity index (χ3n) is 6.21. The average molecular weight is 526 g/mol. The Hall–Kier alpha value is -3.91. The van der Waals surface area contributed by atoms with Crippen molar-refractivity contribution in [2.75, 3.05) is 33.3 Å². The number of esters is 1. The summed E-state index contributed by atoms with van der Waals surface area (Å²) in [4.78, 5) is 24.9. The van der Waals surface area contributed by atoms with Crippen molar-refractivity contribution >= 4 is 29.4 Å². The minimum Gasteiger partial charge on any atom is -0.493 e. The summed E-state index contributed by atoms with van der Waals surface area (Å²) in [6.07, 6.45) is 0.434. The standard InChI is InChI=1S/C28H28ClNO7/c1-33-23-9-7-17(13-25(23)34-2)11-19-16-36-27(31)22(19)12-18-8-10-24(26(14-18)35-3)37-28(32)30-21-6-4-5-20(29)15-21/h4-10,13-15,19,22H,11-12,16H2,1-3H3,(H,30,32)/t19-,22+/m0/s1. The number of ether oxygens (including phenoxy) is 5. The molecule has 3 aromatic carbocycles. The maximum Gasteiger partial charge on any atom is 0.417 e. The molecule has 1 aliphatic rings. The molecule has 1 aliphatic heterocycles. The van der Waals surface area contributed by atoms with E-state index in [1.54, 1.807) is 50.6 Å². The van der Waals surface area contributed by atoms with E-state index in [0.29, 0.717) is 47.4 Å². The number of halogens is 1. The summed E-state index contributed by atoms with van der Waals surface area (Å²) in [7, 11) is 4.67. The van der Waals surface area contributed by atoms with E-state index >= 15 is 0 Å². The van der Waals surface area contributed by atoms with Gasteiger partial charge in [-0.25, -0.2) is 4.79 Å². The number of amides is 1. The summed E-state index contributed by atoms with van der Waals surface area (Å²) in [6, 6.07) is 17.7. The van der Waals surface area contributed by atoms with Gasteiger partial charge < -0.3 is 23.7 Å². The van der Waals surface area contributed by atoms with Crippen molar-refractivity contribution in [3.63, 3.8) is 0 Å². The van der Waals surface area contributed by atoms with E-state index in [4.69, 9.17) is 35.3 Å². The van der Waals surface area contributed by atoms with Crippen LogP contribution in [0.5, 0.6) is 23.0 Å². The monoisotopic (exact) mass is 525 g/mol. The second-order valence-corrected chi connectivity index (χ2v) is 9.04. The Morgan fingerprint density at radius 1 is 0.892 bits per heavy atom. The molecule has 37 heavy (non-hydrogen) atoms. The van der Waals surface area contributed by atoms with Gasteiger partial charge in [-0.15, -0.1) is 0 Å². The molecular formula is C28H28ClNO7. The van der Waals surface area contributed by atoms with Crippen LogP contribution < -0.4 is 24.3 Å². The summed E-state index contributed by atoms with van der Waals surface area (Å²) >= 11 is 5.96. The minimum absolute atomic E-state index is 0.00371. The van der Waals surface area contributed by atoms with E-state index < -0.39 is 6.09 Å². The van der Waals surface area contributed by atoms with Gasteiger partial charge in [-0.05, 0) is 66.4 Å². The van der Waals surface area contributed by atoms with Gasteiger partial charge in [-0.1, -0.05) is 29.8 Å². The Bertz CT molecular complexity index is 1280. The summed E-state index contributed by atoms with van der Waals surface area (Å²) in [5.74, 6) is 1.36. The molecule has 0 aromatic heterocycles. The van der Waals surface area contributed by atoms with Crippen molar-refractivity contribution in [1.29, 1.82) is 0 Å². The number of methoxy groups -OCH3 is 3. The average Bonchev–Trinajstić information content (AvgIpc) is 3.23. The smallest absolute Gasteiger partial charge is 0.417 e. The number of cyclic esters (lactones) is 1. The van der Waals surface area contributed by atoms with Crippen LogP contribution in [0.4, 0.5) is 10.5 Å². The first-order chi connectivity index (χ1) is 17.9. The lowest BCUT2D eigenvalue weighted by molar-refractivity contribution is -0.141. The molecule has 0 spiro atoms. The Morgan fingerprint density at radius 2 is 1.54 bits per heavy atom. The van der Waals surface area contributed by atoms with Crippen molar-refractivity contribution in [1.82, 2.24) is 0 Å². The first-order valence-electron chi connectivity index (χ1n) is 11.7. The fourth-order valence-corrected chi connectivity index (χ4v) is 4.54. The zero-order valence-corrected chi connectivity index (χ0v) is 21.5.